The van der Waals surface area contributed by atoms with Crippen molar-refractivity contribution >= 4 is 22.7 Å². The van der Waals surface area contributed by atoms with Gasteiger partial charge in [-0.2, -0.15) is 0 Å². The molecule has 0 radical (unpaired) electrons. The van der Waals surface area contributed by atoms with Crippen molar-refractivity contribution < 1.29 is 9.59 Å². The van der Waals surface area contributed by atoms with Crippen molar-refractivity contribution in [3.05, 3.63) is 40.9 Å². The molecular formula is C22H28N4O3. The molecule has 1 aliphatic heterocycles. The Hall–Kier alpha value is -2.70. The Balaban J connectivity index is 1.39. The van der Waals surface area contributed by atoms with E-state index >= 15 is 0 Å². The monoisotopic (exact) mass is 396 g/mol. The fourth-order valence-electron chi connectivity index (χ4n) is 4.45. The van der Waals surface area contributed by atoms with E-state index in [1.54, 1.807) is 23.1 Å². The quantitative estimate of drug-likeness (QED) is 0.858. The third kappa shape index (κ3) is 4.49. The minimum absolute atomic E-state index is 0.0480. The second-order valence-electron chi connectivity index (χ2n) is 8.22. The van der Waals surface area contributed by atoms with Crippen LogP contribution in [0.5, 0.6) is 0 Å². The van der Waals surface area contributed by atoms with E-state index in [1.165, 1.54) is 30.2 Å². The Morgan fingerprint density at radius 1 is 1.07 bits per heavy atom. The summed E-state index contributed by atoms with van der Waals surface area (Å²) in [7, 11) is 0. The predicted molar refractivity (Wildman–Crippen MR) is 110 cm³/mol. The van der Waals surface area contributed by atoms with Gasteiger partial charge in [0.05, 0.1) is 23.1 Å². The first kappa shape index (κ1) is 19.6. The Bertz CT molecular complexity index is 948. The molecule has 2 aliphatic rings. The van der Waals surface area contributed by atoms with Gasteiger partial charge in [-0.15, -0.1) is 0 Å². The first-order valence-electron chi connectivity index (χ1n) is 10.6. The summed E-state index contributed by atoms with van der Waals surface area (Å²) in [6.07, 6.45) is 8.75. The van der Waals surface area contributed by atoms with Gasteiger partial charge in [-0.1, -0.05) is 31.4 Å². The van der Waals surface area contributed by atoms with Crippen LogP contribution in [0.4, 0.5) is 0 Å². The van der Waals surface area contributed by atoms with E-state index in [2.05, 4.69) is 10.3 Å². The smallest absolute Gasteiger partial charge is 0.261 e. The summed E-state index contributed by atoms with van der Waals surface area (Å²) in [5, 5.41) is 3.69. The zero-order valence-corrected chi connectivity index (χ0v) is 16.7. The van der Waals surface area contributed by atoms with Gasteiger partial charge in [0.15, 0.2) is 0 Å². The van der Waals surface area contributed by atoms with Gasteiger partial charge >= 0.3 is 0 Å². The minimum atomic E-state index is -0.215. The number of nitrogens with zero attached hydrogens (tertiary/aromatic N) is 3. The van der Waals surface area contributed by atoms with Crippen LogP contribution in [-0.4, -0.2) is 45.4 Å². The molecule has 1 aliphatic carbocycles. The van der Waals surface area contributed by atoms with Crippen molar-refractivity contribution in [1.82, 2.24) is 19.8 Å². The van der Waals surface area contributed by atoms with Crippen LogP contribution in [0, 0.1) is 5.92 Å². The topological polar surface area (TPSA) is 84.3 Å². The molecule has 4 rings (SSSR count). The number of piperidine rings is 1. The average Bonchev–Trinajstić information content (AvgIpc) is 2.76. The number of benzene rings is 1. The van der Waals surface area contributed by atoms with Crippen LogP contribution in [0.25, 0.3) is 10.9 Å². The Morgan fingerprint density at radius 2 is 1.86 bits per heavy atom. The maximum atomic E-state index is 12.8. The van der Waals surface area contributed by atoms with E-state index in [0.29, 0.717) is 24.0 Å². The molecule has 1 unspecified atom stereocenters. The van der Waals surface area contributed by atoms with Gasteiger partial charge in [-0.25, -0.2) is 4.98 Å². The van der Waals surface area contributed by atoms with E-state index in [9.17, 15) is 14.4 Å². The van der Waals surface area contributed by atoms with Gasteiger partial charge < -0.3 is 10.2 Å². The molecule has 2 amide bonds. The molecule has 1 aromatic carbocycles. The van der Waals surface area contributed by atoms with E-state index in [4.69, 9.17) is 0 Å². The summed E-state index contributed by atoms with van der Waals surface area (Å²) in [4.78, 5) is 44.1. The van der Waals surface area contributed by atoms with Crippen LogP contribution < -0.4 is 10.9 Å². The number of rotatable bonds is 4. The van der Waals surface area contributed by atoms with Gasteiger partial charge in [0, 0.05) is 19.1 Å². The number of para-hydroxylation sites is 1. The minimum Gasteiger partial charge on any atom is -0.353 e. The first-order valence-corrected chi connectivity index (χ1v) is 10.6. The van der Waals surface area contributed by atoms with Crippen LogP contribution >= 0.6 is 0 Å². The third-order valence-electron chi connectivity index (χ3n) is 6.13. The maximum Gasteiger partial charge on any atom is 0.261 e. The first-order chi connectivity index (χ1) is 14.1. The van der Waals surface area contributed by atoms with Crippen LogP contribution in [0.2, 0.25) is 0 Å². The van der Waals surface area contributed by atoms with Crippen molar-refractivity contribution in [3.63, 3.8) is 0 Å². The summed E-state index contributed by atoms with van der Waals surface area (Å²) < 4.78 is 1.36. The zero-order chi connectivity index (χ0) is 20.2. The number of likely N-dealkylation sites (tertiary alicyclic amines) is 1. The summed E-state index contributed by atoms with van der Waals surface area (Å²) in [6, 6.07) is 7.40. The molecule has 2 fully saturated rings. The highest BCUT2D eigenvalue weighted by Crippen LogP contribution is 2.21. The second-order valence-corrected chi connectivity index (χ2v) is 8.22. The Kier molecular flexibility index (Phi) is 5.92. The molecule has 1 aromatic heterocycles. The lowest BCUT2D eigenvalue weighted by Crippen LogP contribution is -2.48. The van der Waals surface area contributed by atoms with Crippen LogP contribution in [0.3, 0.4) is 0 Å². The normalized spacial score (nSPS) is 20.6. The van der Waals surface area contributed by atoms with Crippen LogP contribution in [0.1, 0.15) is 44.9 Å². The van der Waals surface area contributed by atoms with Crippen molar-refractivity contribution in [3.8, 4) is 0 Å². The van der Waals surface area contributed by atoms with Gasteiger partial charge in [-0.05, 0) is 37.8 Å². The summed E-state index contributed by atoms with van der Waals surface area (Å²) >= 11 is 0. The van der Waals surface area contributed by atoms with Crippen molar-refractivity contribution in [2.45, 2.75) is 57.5 Å². The maximum absolute atomic E-state index is 12.8. The van der Waals surface area contributed by atoms with Crippen molar-refractivity contribution in [1.29, 1.82) is 0 Å². The number of hydrogen-bond donors (Lipinski definition) is 1. The largest absolute Gasteiger partial charge is 0.353 e. The van der Waals surface area contributed by atoms with E-state index < -0.39 is 0 Å². The Morgan fingerprint density at radius 3 is 2.69 bits per heavy atom. The molecule has 1 atom stereocenters. The van der Waals surface area contributed by atoms with E-state index in [0.717, 1.165) is 25.7 Å². The lowest BCUT2D eigenvalue weighted by Gasteiger charge is -2.33. The molecule has 29 heavy (non-hydrogen) atoms. The highest BCUT2D eigenvalue weighted by Gasteiger charge is 2.30. The lowest BCUT2D eigenvalue weighted by molar-refractivity contribution is -0.136. The van der Waals surface area contributed by atoms with E-state index in [1.807, 2.05) is 6.07 Å². The zero-order valence-electron chi connectivity index (χ0n) is 16.7. The molecule has 0 spiro atoms. The number of amides is 2. The molecule has 1 N–H and O–H groups in total. The van der Waals surface area contributed by atoms with Crippen LogP contribution in [0.15, 0.2) is 35.4 Å². The molecule has 7 heteroatoms. The molecular weight excluding hydrogens is 368 g/mol. The molecule has 2 heterocycles. The number of hydrogen-bond acceptors (Lipinski definition) is 4. The van der Waals surface area contributed by atoms with Gasteiger partial charge in [-0.3, -0.25) is 19.0 Å². The molecule has 2 aromatic rings. The average molecular weight is 396 g/mol. The highest BCUT2D eigenvalue weighted by atomic mass is 16.2. The summed E-state index contributed by atoms with van der Waals surface area (Å²) in [6.45, 7) is 1.00. The molecule has 154 valence electrons. The predicted octanol–water partition coefficient (Wildman–Crippen LogP) is 2.08. The Labute approximate surface area is 170 Å². The van der Waals surface area contributed by atoms with Crippen molar-refractivity contribution in [2.75, 3.05) is 13.1 Å². The van der Waals surface area contributed by atoms with Gasteiger partial charge in [0.2, 0.25) is 11.8 Å². The lowest BCUT2D eigenvalue weighted by atomic mass is 9.93. The van der Waals surface area contributed by atoms with Gasteiger partial charge in [0.25, 0.3) is 5.56 Å². The SMILES string of the molecule is O=C(NC1CCCCC1)C1CCCN(C(=O)Cn2cnc3ccccc3c2=O)C1. The number of aromatic nitrogens is 2. The fourth-order valence-corrected chi connectivity index (χ4v) is 4.45. The van der Waals surface area contributed by atoms with Crippen LogP contribution in [-0.2, 0) is 16.1 Å². The van der Waals surface area contributed by atoms with Gasteiger partial charge in [0.1, 0.15) is 6.54 Å². The second kappa shape index (κ2) is 8.76. The number of carbonyl (C=O) groups excluding carboxylic acids is 2. The standard InChI is InChI=1S/C22H28N4O3/c27-20(14-26-15-23-19-11-5-4-10-18(19)22(26)29)25-12-6-7-16(13-25)21(28)24-17-8-2-1-3-9-17/h4-5,10-11,15-17H,1-3,6-9,12-14H2,(H,24,28). The highest BCUT2D eigenvalue weighted by molar-refractivity contribution is 5.82. The summed E-state index contributed by atoms with van der Waals surface area (Å²) in [5.74, 6) is -0.237. The molecule has 1 saturated carbocycles. The fraction of sp³-hybridized carbons (Fsp3) is 0.545. The number of nitrogens with one attached hydrogen (secondary N) is 1. The number of fused-ring (bicyclic) bond motifs is 1. The third-order valence-corrected chi connectivity index (χ3v) is 6.13. The van der Waals surface area contributed by atoms with Crippen molar-refractivity contribution in [2.24, 2.45) is 5.92 Å². The van der Waals surface area contributed by atoms with E-state index in [-0.39, 0.29) is 35.9 Å². The molecule has 0 bridgehead atoms. The number of carbonyl (C=O) groups is 2. The summed E-state index contributed by atoms with van der Waals surface area (Å²) in [5.41, 5.74) is 0.408. The molecule has 1 saturated heterocycles. The molecule has 7 nitrogen and oxygen atoms in total.